The van der Waals surface area contributed by atoms with Crippen LogP contribution in [0, 0.1) is 5.82 Å². The third-order valence-electron chi connectivity index (χ3n) is 4.50. The Morgan fingerprint density at radius 2 is 2.00 bits per heavy atom. The smallest absolute Gasteiger partial charge is 0.149 e. The first-order chi connectivity index (χ1) is 11.2. The second-order valence-corrected chi connectivity index (χ2v) is 5.89. The van der Waals surface area contributed by atoms with Crippen LogP contribution in [0.4, 0.5) is 10.2 Å². The number of benzene rings is 1. The van der Waals surface area contributed by atoms with E-state index in [1.165, 1.54) is 12.4 Å². The Balaban J connectivity index is 1.60. The minimum atomic E-state index is -0.305. The van der Waals surface area contributed by atoms with E-state index in [9.17, 15) is 4.39 Å². The van der Waals surface area contributed by atoms with Crippen LogP contribution in [0.15, 0.2) is 30.9 Å². The van der Waals surface area contributed by atoms with Crippen LogP contribution >= 0.6 is 0 Å². The molecule has 0 spiro atoms. The van der Waals surface area contributed by atoms with E-state index in [-0.39, 0.29) is 5.82 Å². The third kappa shape index (κ3) is 2.42. The lowest BCUT2D eigenvalue weighted by Crippen LogP contribution is -2.34. The summed E-state index contributed by atoms with van der Waals surface area (Å²) < 4.78 is 15.9. The summed E-state index contributed by atoms with van der Waals surface area (Å²) in [6, 6.07) is 5.01. The van der Waals surface area contributed by atoms with Crippen molar-refractivity contribution >= 4 is 16.7 Å². The van der Waals surface area contributed by atoms with Gasteiger partial charge in [-0.15, -0.1) is 10.2 Å². The van der Waals surface area contributed by atoms with E-state index in [1.807, 2.05) is 17.7 Å². The molecular weight excluding hydrogens is 295 g/mol. The van der Waals surface area contributed by atoms with E-state index in [4.69, 9.17) is 0 Å². The van der Waals surface area contributed by atoms with Gasteiger partial charge in [-0.25, -0.2) is 14.4 Å². The van der Waals surface area contributed by atoms with Gasteiger partial charge < -0.3 is 9.47 Å². The fourth-order valence-electron chi connectivity index (χ4n) is 3.30. The van der Waals surface area contributed by atoms with Gasteiger partial charge in [-0.05, 0) is 25.0 Å². The van der Waals surface area contributed by atoms with Crippen LogP contribution in [0.1, 0.15) is 24.6 Å². The van der Waals surface area contributed by atoms with Gasteiger partial charge in [0.05, 0.1) is 0 Å². The Morgan fingerprint density at radius 1 is 1.17 bits per heavy atom. The summed E-state index contributed by atoms with van der Waals surface area (Å²) in [5, 5.41) is 8.95. The molecule has 0 aliphatic carbocycles. The summed E-state index contributed by atoms with van der Waals surface area (Å²) in [6.45, 7) is 1.72. The molecule has 1 saturated heterocycles. The van der Waals surface area contributed by atoms with Crippen molar-refractivity contribution in [2.75, 3.05) is 18.0 Å². The standard InChI is InChI=1S/C16H17FN6/c1-22-10-20-21-15(22)11-5-7-23(8-6-11)16-12-3-2-4-13(17)14(12)18-9-19-16/h2-4,9-11H,5-8H2,1H3. The Kier molecular flexibility index (Phi) is 3.40. The maximum absolute atomic E-state index is 13.9. The second-order valence-electron chi connectivity index (χ2n) is 5.89. The summed E-state index contributed by atoms with van der Waals surface area (Å²) in [5.74, 6) is 1.94. The molecule has 0 atom stereocenters. The van der Waals surface area contributed by atoms with E-state index in [0.29, 0.717) is 11.4 Å². The molecule has 0 bridgehead atoms. The van der Waals surface area contributed by atoms with Gasteiger partial charge in [0.2, 0.25) is 0 Å². The number of aromatic nitrogens is 5. The quantitative estimate of drug-likeness (QED) is 0.726. The maximum Gasteiger partial charge on any atom is 0.149 e. The van der Waals surface area contributed by atoms with Crippen molar-refractivity contribution in [2.45, 2.75) is 18.8 Å². The molecule has 1 aliphatic rings. The molecule has 23 heavy (non-hydrogen) atoms. The lowest BCUT2D eigenvalue weighted by Gasteiger charge is -2.32. The Bertz CT molecular complexity index is 837. The number of piperidine rings is 1. The van der Waals surface area contributed by atoms with Crippen LogP contribution in [0.2, 0.25) is 0 Å². The lowest BCUT2D eigenvalue weighted by molar-refractivity contribution is 0.472. The highest BCUT2D eigenvalue weighted by molar-refractivity contribution is 5.89. The normalized spacial score (nSPS) is 16.2. The minimum Gasteiger partial charge on any atom is -0.356 e. The number of hydrogen-bond donors (Lipinski definition) is 0. The van der Waals surface area contributed by atoms with E-state index in [1.54, 1.807) is 12.4 Å². The average molecular weight is 312 g/mol. The van der Waals surface area contributed by atoms with E-state index in [0.717, 1.165) is 43.0 Å². The highest BCUT2D eigenvalue weighted by atomic mass is 19.1. The van der Waals surface area contributed by atoms with E-state index < -0.39 is 0 Å². The van der Waals surface area contributed by atoms with Gasteiger partial charge >= 0.3 is 0 Å². The number of fused-ring (bicyclic) bond motifs is 1. The Labute approximate surface area is 133 Å². The number of nitrogens with zero attached hydrogens (tertiary/aromatic N) is 6. The van der Waals surface area contributed by atoms with E-state index >= 15 is 0 Å². The number of rotatable bonds is 2. The number of anilines is 1. The van der Waals surface area contributed by atoms with Crippen molar-refractivity contribution in [3.05, 3.63) is 42.5 Å². The van der Waals surface area contributed by atoms with Gasteiger partial charge in [-0.1, -0.05) is 6.07 Å². The van der Waals surface area contributed by atoms with Crippen molar-refractivity contribution in [1.29, 1.82) is 0 Å². The first kappa shape index (κ1) is 14.0. The molecule has 7 heteroatoms. The van der Waals surface area contributed by atoms with Crippen molar-refractivity contribution in [2.24, 2.45) is 7.05 Å². The van der Waals surface area contributed by atoms with Gasteiger partial charge in [0.25, 0.3) is 0 Å². The molecule has 0 N–H and O–H groups in total. The van der Waals surface area contributed by atoms with Crippen molar-refractivity contribution in [1.82, 2.24) is 24.7 Å². The lowest BCUT2D eigenvalue weighted by atomic mass is 9.95. The first-order valence-corrected chi connectivity index (χ1v) is 7.72. The molecule has 0 radical (unpaired) electrons. The monoisotopic (exact) mass is 312 g/mol. The fourth-order valence-corrected chi connectivity index (χ4v) is 3.30. The molecule has 0 saturated carbocycles. The summed E-state index contributed by atoms with van der Waals surface area (Å²) in [6.07, 6.45) is 5.14. The molecule has 3 heterocycles. The number of hydrogen-bond acceptors (Lipinski definition) is 5. The zero-order valence-electron chi connectivity index (χ0n) is 12.9. The molecule has 0 amide bonds. The van der Waals surface area contributed by atoms with Gasteiger partial charge in [0.15, 0.2) is 0 Å². The minimum absolute atomic E-state index is 0.305. The van der Waals surface area contributed by atoms with Crippen molar-refractivity contribution < 1.29 is 4.39 Å². The van der Waals surface area contributed by atoms with Crippen LogP contribution in [0.25, 0.3) is 10.9 Å². The predicted molar refractivity (Wildman–Crippen MR) is 84.7 cm³/mol. The molecular formula is C16H17FN6. The molecule has 1 aliphatic heterocycles. The Hall–Kier alpha value is -2.57. The van der Waals surface area contributed by atoms with Crippen molar-refractivity contribution in [3.8, 4) is 0 Å². The second kappa shape index (κ2) is 5.57. The van der Waals surface area contributed by atoms with Crippen LogP contribution < -0.4 is 4.90 Å². The van der Waals surface area contributed by atoms with Crippen LogP contribution in [0.3, 0.4) is 0 Å². The molecule has 2 aromatic heterocycles. The third-order valence-corrected chi connectivity index (χ3v) is 4.50. The largest absolute Gasteiger partial charge is 0.356 e. The zero-order chi connectivity index (χ0) is 15.8. The summed E-state index contributed by atoms with van der Waals surface area (Å²) in [4.78, 5) is 10.7. The van der Waals surface area contributed by atoms with Crippen LogP contribution in [-0.2, 0) is 7.05 Å². The number of halogens is 1. The summed E-state index contributed by atoms with van der Waals surface area (Å²) >= 11 is 0. The number of aryl methyl sites for hydroxylation is 1. The van der Waals surface area contributed by atoms with Crippen molar-refractivity contribution in [3.63, 3.8) is 0 Å². The Morgan fingerprint density at radius 3 is 2.74 bits per heavy atom. The molecule has 1 fully saturated rings. The van der Waals surface area contributed by atoms with Gasteiger partial charge in [0, 0.05) is 31.4 Å². The van der Waals surface area contributed by atoms with Gasteiger partial charge in [-0.2, -0.15) is 0 Å². The van der Waals surface area contributed by atoms with Crippen LogP contribution in [0.5, 0.6) is 0 Å². The SMILES string of the molecule is Cn1cnnc1C1CCN(c2ncnc3c(F)cccc23)CC1. The molecule has 3 aromatic rings. The first-order valence-electron chi connectivity index (χ1n) is 7.72. The molecule has 6 nitrogen and oxygen atoms in total. The molecule has 1 aromatic carbocycles. The maximum atomic E-state index is 13.9. The topological polar surface area (TPSA) is 59.7 Å². The summed E-state index contributed by atoms with van der Waals surface area (Å²) in [5.41, 5.74) is 0.382. The summed E-state index contributed by atoms with van der Waals surface area (Å²) in [7, 11) is 1.97. The van der Waals surface area contributed by atoms with Gasteiger partial charge in [0.1, 0.15) is 35.6 Å². The zero-order valence-corrected chi connectivity index (χ0v) is 12.9. The molecule has 4 rings (SSSR count). The number of para-hydroxylation sites is 1. The van der Waals surface area contributed by atoms with Crippen LogP contribution in [-0.4, -0.2) is 37.8 Å². The highest BCUT2D eigenvalue weighted by Crippen LogP contribution is 2.31. The van der Waals surface area contributed by atoms with E-state index in [2.05, 4.69) is 25.1 Å². The van der Waals surface area contributed by atoms with Gasteiger partial charge in [-0.3, -0.25) is 0 Å². The fraction of sp³-hybridized carbons (Fsp3) is 0.375. The molecule has 118 valence electrons. The highest BCUT2D eigenvalue weighted by Gasteiger charge is 2.25. The predicted octanol–water partition coefficient (Wildman–Crippen LogP) is 2.28. The molecule has 0 unspecified atom stereocenters. The average Bonchev–Trinajstić information content (AvgIpc) is 3.01.